The fraction of sp³-hybridized carbons (Fsp3) is 0.600. The highest BCUT2D eigenvalue weighted by Crippen LogP contribution is 2.29. The molecule has 0 aromatic heterocycles. The first-order valence-corrected chi connectivity index (χ1v) is 7.90. The van der Waals surface area contributed by atoms with Crippen molar-refractivity contribution in [2.75, 3.05) is 39.5 Å². The van der Waals surface area contributed by atoms with E-state index in [1.807, 2.05) is 19.1 Å². The number of aliphatic hydroxyl groups excluding tert-OH is 1. The quantitative estimate of drug-likeness (QED) is 0.869. The second kappa shape index (κ2) is 8.32. The summed E-state index contributed by atoms with van der Waals surface area (Å²) in [6.07, 6.45) is -0.523. The minimum absolute atomic E-state index is 0.0483. The van der Waals surface area contributed by atoms with Gasteiger partial charge in [-0.25, -0.2) is 0 Å². The van der Waals surface area contributed by atoms with Crippen LogP contribution in [0.3, 0.4) is 0 Å². The SMILES string of the molecule is CCOCC(O)CN1CCOC(c2ccc(Cl)c(Cl)c2)C1. The van der Waals surface area contributed by atoms with Crippen LogP contribution < -0.4 is 0 Å². The molecule has 0 bridgehead atoms. The summed E-state index contributed by atoms with van der Waals surface area (Å²) in [5, 5.41) is 11.0. The van der Waals surface area contributed by atoms with Crippen LogP contribution in [0.1, 0.15) is 18.6 Å². The number of nitrogens with zero attached hydrogens (tertiary/aromatic N) is 1. The van der Waals surface area contributed by atoms with E-state index in [2.05, 4.69) is 4.90 Å². The van der Waals surface area contributed by atoms with E-state index in [0.29, 0.717) is 36.4 Å². The lowest BCUT2D eigenvalue weighted by Crippen LogP contribution is -2.43. The molecule has 1 aromatic rings. The molecule has 21 heavy (non-hydrogen) atoms. The van der Waals surface area contributed by atoms with Crippen LogP contribution in [0.25, 0.3) is 0 Å². The summed E-state index contributed by atoms with van der Waals surface area (Å²) < 4.78 is 11.0. The summed E-state index contributed by atoms with van der Waals surface area (Å²) in [6.45, 7) is 5.65. The first-order valence-electron chi connectivity index (χ1n) is 7.15. The second-order valence-corrected chi connectivity index (χ2v) is 5.92. The zero-order valence-electron chi connectivity index (χ0n) is 12.1. The van der Waals surface area contributed by atoms with Gasteiger partial charge in [0.2, 0.25) is 0 Å². The maximum absolute atomic E-state index is 9.92. The molecule has 1 aliphatic heterocycles. The van der Waals surface area contributed by atoms with Crippen molar-refractivity contribution >= 4 is 23.2 Å². The molecule has 0 radical (unpaired) electrons. The van der Waals surface area contributed by atoms with Gasteiger partial charge in [0.05, 0.1) is 35.5 Å². The summed E-state index contributed by atoms with van der Waals surface area (Å²) in [7, 11) is 0. The highest BCUT2D eigenvalue weighted by Gasteiger charge is 2.24. The Morgan fingerprint density at radius 1 is 1.43 bits per heavy atom. The van der Waals surface area contributed by atoms with Gasteiger partial charge in [-0.3, -0.25) is 4.90 Å². The molecular formula is C15H21Cl2NO3. The van der Waals surface area contributed by atoms with Crippen LogP contribution in [0.5, 0.6) is 0 Å². The number of halogens is 2. The molecular weight excluding hydrogens is 313 g/mol. The summed E-state index contributed by atoms with van der Waals surface area (Å²) in [6, 6.07) is 5.55. The van der Waals surface area contributed by atoms with Crippen LogP contribution >= 0.6 is 23.2 Å². The Kier molecular flexibility index (Phi) is 6.74. The summed E-state index contributed by atoms with van der Waals surface area (Å²) >= 11 is 12.0. The number of rotatable bonds is 6. The van der Waals surface area contributed by atoms with Gasteiger partial charge in [0.25, 0.3) is 0 Å². The van der Waals surface area contributed by atoms with Crippen LogP contribution in [0.15, 0.2) is 18.2 Å². The van der Waals surface area contributed by atoms with Gasteiger partial charge < -0.3 is 14.6 Å². The molecule has 2 atom stereocenters. The summed E-state index contributed by atoms with van der Waals surface area (Å²) in [5.74, 6) is 0. The minimum Gasteiger partial charge on any atom is -0.389 e. The Balaban J connectivity index is 1.92. The standard InChI is InChI=1S/C15H21Cl2NO3/c1-2-20-10-12(19)8-18-5-6-21-15(9-18)11-3-4-13(16)14(17)7-11/h3-4,7,12,15,19H,2,5-6,8-10H2,1H3. The van der Waals surface area contributed by atoms with E-state index in [1.165, 1.54) is 0 Å². The normalized spacial score (nSPS) is 21.4. The molecule has 6 heteroatoms. The van der Waals surface area contributed by atoms with Crippen molar-refractivity contribution in [2.24, 2.45) is 0 Å². The van der Waals surface area contributed by atoms with Crippen molar-refractivity contribution in [3.63, 3.8) is 0 Å². The van der Waals surface area contributed by atoms with Crippen molar-refractivity contribution in [3.05, 3.63) is 33.8 Å². The predicted octanol–water partition coefficient (Wildman–Crippen LogP) is 2.76. The molecule has 4 nitrogen and oxygen atoms in total. The zero-order chi connectivity index (χ0) is 15.2. The maximum atomic E-state index is 9.92. The van der Waals surface area contributed by atoms with Crippen LogP contribution in [-0.2, 0) is 9.47 Å². The third-order valence-corrected chi connectivity index (χ3v) is 4.19. The number of β-amino-alcohol motifs (C(OH)–C–C–N with tert-alkyl or cyclic N) is 1. The smallest absolute Gasteiger partial charge is 0.0952 e. The van der Waals surface area contributed by atoms with E-state index in [0.717, 1.165) is 18.7 Å². The molecule has 2 unspecified atom stereocenters. The van der Waals surface area contributed by atoms with E-state index in [4.69, 9.17) is 32.7 Å². The van der Waals surface area contributed by atoms with Crippen molar-refractivity contribution < 1.29 is 14.6 Å². The lowest BCUT2D eigenvalue weighted by atomic mass is 10.1. The maximum Gasteiger partial charge on any atom is 0.0952 e. The van der Waals surface area contributed by atoms with Gasteiger partial charge in [-0.1, -0.05) is 29.3 Å². The highest BCUT2D eigenvalue weighted by molar-refractivity contribution is 6.42. The Morgan fingerprint density at radius 2 is 2.24 bits per heavy atom. The number of ether oxygens (including phenoxy) is 2. The Labute approximate surface area is 135 Å². The molecule has 1 aromatic carbocycles. The molecule has 1 saturated heterocycles. The molecule has 1 N–H and O–H groups in total. The summed E-state index contributed by atoms with van der Waals surface area (Å²) in [5.41, 5.74) is 1.01. The molecule has 0 aliphatic carbocycles. The first kappa shape index (κ1) is 17.0. The van der Waals surface area contributed by atoms with Crippen molar-refractivity contribution in [1.82, 2.24) is 4.90 Å². The van der Waals surface area contributed by atoms with Gasteiger partial charge in [-0.05, 0) is 24.6 Å². The van der Waals surface area contributed by atoms with Crippen LogP contribution in [0.2, 0.25) is 10.0 Å². The third-order valence-electron chi connectivity index (χ3n) is 3.45. The number of hydrogen-bond acceptors (Lipinski definition) is 4. The third kappa shape index (κ3) is 5.09. The Hall–Kier alpha value is -0.360. The van der Waals surface area contributed by atoms with Crippen LogP contribution in [0, 0.1) is 0 Å². The minimum atomic E-state index is -0.475. The number of morpholine rings is 1. The molecule has 0 spiro atoms. The highest BCUT2D eigenvalue weighted by atomic mass is 35.5. The van der Waals surface area contributed by atoms with Gasteiger partial charge in [0, 0.05) is 26.2 Å². The summed E-state index contributed by atoms with van der Waals surface area (Å²) in [4.78, 5) is 2.18. The fourth-order valence-corrected chi connectivity index (χ4v) is 2.69. The molecule has 1 fully saturated rings. The van der Waals surface area contributed by atoms with E-state index in [-0.39, 0.29) is 6.10 Å². The van der Waals surface area contributed by atoms with E-state index < -0.39 is 6.10 Å². The van der Waals surface area contributed by atoms with Crippen LogP contribution in [-0.4, -0.2) is 55.6 Å². The predicted molar refractivity (Wildman–Crippen MR) is 84.1 cm³/mol. The Morgan fingerprint density at radius 3 is 2.95 bits per heavy atom. The largest absolute Gasteiger partial charge is 0.389 e. The van der Waals surface area contributed by atoms with Crippen molar-refractivity contribution in [2.45, 2.75) is 19.1 Å². The van der Waals surface area contributed by atoms with Gasteiger partial charge in [0.1, 0.15) is 0 Å². The van der Waals surface area contributed by atoms with Crippen molar-refractivity contribution in [3.8, 4) is 0 Å². The zero-order valence-corrected chi connectivity index (χ0v) is 13.6. The van der Waals surface area contributed by atoms with Gasteiger partial charge in [0.15, 0.2) is 0 Å². The van der Waals surface area contributed by atoms with Crippen molar-refractivity contribution in [1.29, 1.82) is 0 Å². The monoisotopic (exact) mass is 333 g/mol. The lowest BCUT2D eigenvalue weighted by molar-refractivity contribution is -0.0517. The van der Waals surface area contributed by atoms with E-state index in [9.17, 15) is 5.11 Å². The number of hydrogen-bond donors (Lipinski definition) is 1. The number of benzene rings is 1. The number of aliphatic hydroxyl groups is 1. The van der Waals surface area contributed by atoms with Gasteiger partial charge in [-0.2, -0.15) is 0 Å². The topological polar surface area (TPSA) is 41.9 Å². The average molecular weight is 334 g/mol. The average Bonchev–Trinajstić information content (AvgIpc) is 2.48. The van der Waals surface area contributed by atoms with Crippen LogP contribution in [0.4, 0.5) is 0 Å². The second-order valence-electron chi connectivity index (χ2n) is 5.11. The molecule has 0 saturated carbocycles. The molecule has 118 valence electrons. The molecule has 2 rings (SSSR count). The molecule has 1 heterocycles. The first-order chi connectivity index (χ1) is 10.1. The lowest BCUT2D eigenvalue weighted by Gasteiger charge is -2.34. The Bertz CT molecular complexity index is 459. The molecule has 1 aliphatic rings. The fourth-order valence-electron chi connectivity index (χ4n) is 2.39. The van der Waals surface area contributed by atoms with Gasteiger partial charge in [-0.15, -0.1) is 0 Å². The van der Waals surface area contributed by atoms with E-state index in [1.54, 1.807) is 6.07 Å². The molecule has 0 amide bonds. The van der Waals surface area contributed by atoms with Gasteiger partial charge >= 0.3 is 0 Å². The van der Waals surface area contributed by atoms with E-state index >= 15 is 0 Å².